The predicted molar refractivity (Wildman–Crippen MR) is 80.2 cm³/mol. The third-order valence-corrected chi connectivity index (χ3v) is 3.01. The first-order valence-corrected chi connectivity index (χ1v) is 7.15. The highest BCUT2D eigenvalue weighted by molar-refractivity contribution is 5.94. The topological polar surface area (TPSA) is 81.7 Å². The molecule has 1 N–H and O–H groups in total. The third-order valence-electron chi connectivity index (χ3n) is 3.01. The number of nitrogens with one attached hydrogen (secondary N) is 1. The average molecular weight is 307 g/mol. The summed E-state index contributed by atoms with van der Waals surface area (Å²) in [6.45, 7) is 2.03. The number of ether oxygens (including phenoxy) is 2. The highest BCUT2D eigenvalue weighted by Gasteiger charge is 2.19. The molecule has 0 heterocycles. The second kappa shape index (κ2) is 9.55. The number of methoxy groups -OCH3 is 1. The van der Waals surface area contributed by atoms with Crippen LogP contribution in [0.3, 0.4) is 0 Å². The predicted octanol–water partition coefficient (Wildman–Crippen LogP) is 1.69. The Kier molecular flexibility index (Phi) is 7.67. The Morgan fingerprint density at radius 1 is 1.14 bits per heavy atom. The molecular weight excluding hydrogens is 286 g/mol. The van der Waals surface area contributed by atoms with E-state index in [0.29, 0.717) is 18.6 Å². The molecule has 0 aliphatic rings. The Labute approximate surface area is 129 Å². The molecule has 22 heavy (non-hydrogen) atoms. The van der Waals surface area contributed by atoms with Crippen molar-refractivity contribution in [3.05, 3.63) is 35.9 Å². The van der Waals surface area contributed by atoms with E-state index in [9.17, 15) is 14.4 Å². The molecule has 0 spiro atoms. The van der Waals surface area contributed by atoms with E-state index in [1.807, 2.05) is 6.07 Å². The van der Waals surface area contributed by atoms with Crippen LogP contribution in [0, 0.1) is 0 Å². The summed E-state index contributed by atoms with van der Waals surface area (Å²) in [5.41, 5.74) is 0.494. The van der Waals surface area contributed by atoms with Gasteiger partial charge < -0.3 is 14.8 Å². The summed E-state index contributed by atoms with van der Waals surface area (Å²) in [4.78, 5) is 34.9. The van der Waals surface area contributed by atoms with Crippen LogP contribution in [0.5, 0.6) is 0 Å². The third kappa shape index (κ3) is 6.39. The zero-order chi connectivity index (χ0) is 16.4. The van der Waals surface area contributed by atoms with Crippen LogP contribution >= 0.6 is 0 Å². The van der Waals surface area contributed by atoms with Crippen LogP contribution in [-0.2, 0) is 19.1 Å². The molecule has 0 saturated heterocycles. The first kappa shape index (κ1) is 17.7. The lowest BCUT2D eigenvalue weighted by atomic mass is 10.1. The summed E-state index contributed by atoms with van der Waals surface area (Å²) >= 11 is 0. The Bertz CT molecular complexity index is 501. The second-order valence-electron chi connectivity index (χ2n) is 4.66. The van der Waals surface area contributed by atoms with Crippen LogP contribution in [-0.4, -0.2) is 37.6 Å². The molecule has 0 radical (unpaired) electrons. The molecular formula is C16H21NO5. The van der Waals surface area contributed by atoms with Crippen LogP contribution in [0.15, 0.2) is 30.3 Å². The lowest BCUT2D eigenvalue weighted by molar-refractivity contribution is -0.144. The van der Waals surface area contributed by atoms with E-state index in [0.717, 1.165) is 0 Å². The Hall–Kier alpha value is -2.37. The van der Waals surface area contributed by atoms with Gasteiger partial charge in [0.15, 0.2) is 0 Å². The van der Waals surface area contributed by atoms with Crippen LogP contribution in [0.2, 0.25) is 0 Å². The maximum absolute atomic E-state index is 12.1. The molecule has 1 amide bonds. The van der Waals surface area contributed by atoms with Crippen molar-refractivity contribution in [3.63, 3.8) is 0 Å². The number of amides is 1. The van der Waals surface area contributed by atoms with Crippen molar-refractivity contribution in [2.75, 3.05) is 13.7 Å². The normalized spacial score (nSPS) is 11.4. The molecule has 0 aromatic heterocycles. The Morgan fingerprint density at radius 2 is 1.82 bits per heavy atom. The number of esters is 2. The van der Waals surface area contributed by atoms with E-state index in [1.54, 1.807) is 31.2 Å². The molecule has 0 aliphatic carbocycles. The number of rotatable bonds is 8. The lowest BCUT2D eigenvalue weighted by Crippen LogP contribution is -2.37. The minimum absolute atomic E-state index is 0.00841. The summed E-state index contributed by atoms with van der Waals surface area (Å²) in [6.07, 6.45) is 0.450. The highest BCUT2D eigenvalue weighted by Crippen LogP contribution is 2.07. The quantitative estimate of drug-likeness (QED) is 0.739. The molecule has 1 unspecified atom stereocenters. The maximum atomic E-state index is 12.1. The van der Waals surface area contributed by atoms with Crippen molar-refractivity contribution in [1.82, 2.24) is 5.32 Å². The van der Waals surface area contributed by atoms with E-state index in [4.69, 9.17) is 4.74 Å². The molecule has 0 bridgehead atoms. The average Bonchev–Trinajstić information content (AvgIpc) is 2.53. The Balaban J connectivity index is 2.63. The molecule has 0 fully saturated rings. The molecule has 1 aromatic rings. The van der Waals surface area contributed by atoms with Gasteiger partial charge in [0, 0.05) is 18.0 Å². The van der Waals surface area contributed by atoms with E-state index in [2.05, 4.69) is 10.1 Å². The number of hydrogen-bond donors (Lipinski definition) is 1. The van der Waals surface area contributed by atoms with E-state index < -0.39 is 12.0 Å². The van der Waals surface area contributed by atoms with E-state index >= 15 is 0 Å². The molecule has 6 heteroatoms. The van der Waals surface area contributed by atoms with Gasteiger partial charge in [0.25, 0.3) is 5.91 Å². The largest absolute Gasteiger partial charge is 0.469 e. The van der Waals surface area contributed by atoms with Crippen molar-refractivity contribution in [1.29, 1.82) is 0 Å². The molecule has 1 aromatic carbocycles. The monoisotopic (exact) mass is 307 g/mol. The van der Waals surface area contributed by atoms with Gasteiger partial charge in [-0.1, -0.05) is 18.2 Å². The highest BCUT2D eigenvalue weighted by atomic mass is 16.5. The summed E-state index contributed by atoms with van der Waals surface area (Å²) in [7, 11) is 1.28. The fourth-order valence-electron chi connectivity index (χ4n) is 1.89. The molecule has 0 saturated carbocycles. The molecule has 6 nitrogen and oxygen atoms in total. The Morgan fingerprint density at radius 3 is 2.41 bits per heavy atom. The molecule has 1 rings (SSSR count). The van der Waals surface area contributed by atoms with Gasteiger partial charge in [-0.3, -0.25) is 14.4 Å². The second-order valence-corrected chi connectivity index (χ2v) is 4.66. The van der Waals surface area contributed by atoms with Gasteiger partial charge in [-0.15, -0.1) is 0 Å². The maximum Gasteiger partial charge on any atom is 0.307 e. The zero-order valence-electron chi connectivity index (χ0n) is 12.8. The van der Waals surface area contributed by atoms with Crippen molar-refractivity contribution in [2.24, 2.45) is 0 Å². The van der Waals surface area contributed by atoms with Crippen LogP contribution < -0.4 is 5.32 Å². The summed E-state index contributed by atoms with van der Waals surface area (Å²) in [5.74, 6) is -1.09. The molecule has 1 atom stereocenters. The lowest BCUT2D eigenvalue weighted by Gasteiger charge is -2.17. The van der Waals surface area contributed by atoms with E-state index in [-0.39, 0.29) is 24.7 Å². The number of hydrogen-bond acceptors (Lipinski definition) is 5. The fraction of sp³-hybridized carbons (Fsp3) is 0.438. The first-order chi connectivity index (χ1) is 10.6. The van der Waals surface area contributed by atoms with Gasteiger partial charge in [-0.2, -0.15) is 0 Å². The fourth-order valence-corrected chi connectivity index (χ4v) is 1.89. The minimum Gasteiger partial charge on any atom is -0.469 e. The SMILES string of the molecule is CCOC(=O)CCC(CC(=O)OC)NC(=O)c1ccccc1. The summed E-state index contributed by atoms with van der Waals surface area (Å²) in [6, 6.07) is 8.19. The number of benzene rings is 1. The standard InChI is InChI=1S/C16H21NO5/c1-3-22-14(18)10-9-13(11-15(19)21-2)17-16(20)12-7-5-4-6-8-12/h4-8,13H,3,9-11H2,1-2H3,(H,17,20). The van der Waals surface area contributed by atoms with Gasteiger partial charge in [-0.25, -0.2) is 0 Å². The minimum atomic E-state index is -0.482. The van der Waals surface area contributed by atoms with E-state index in [1.165, 1.54) is 7.11 Å². The van der Waals surface area contributed by atoms with Gasteiger partial charge in [0.05, 0.1) is 20.1 Å². The van der Waals surface area contributed by atoms with Crippen molar-refractivity contribution in [2.45, 2.75) is 32.2 Å². The van der Waals surface area contributed by atoms with Crippen molar-refractivity contribution >= 4 is 17.8 Å². The van der Waals surface area contributed by atoms with Gasteiger partial charge in [0.2, 0.25) is 0 Å². The molecule has 0 aliphatic heterocycles. The first-order valence-electron chi connectivity index (χ1n) is 7.15. The zero-order valence-corrected chi connectivity index (χ0v) is 12.8. The van der Waals surface area contributed by atoms with Crippen molar-refractivity contribution < 1.29 is 23.9 Å². The van der Waals surface area contributed by atoms with Gasteiger partial charge in [0.1, 0.15) is 0 Å². The van der Waals surface area contributed by atoms with Gasteiger partial charge >= 0.3 is 11.9 Å². The van der Waals surface area contributed by atoms with Crippen LogP contribution in [0.25, 0.3) is 0 Å². The van der Waals surface area contributed by atoms with Crippen molar-refractivity contribution in [3.8, 4) is 0 Å². The number of carbonyl (C=O) groups is 3. The number of carbonyl (C=O) groups excluding carboxylic acids is 3. The van der Waals surface area contributed by atoms with Gasteiger partial charge in [-0.05, 0) is 25.5 Å². The van der Waals surface area contributed by atoms with Crippen LogP contribution in [0.4, 0.5) is 0 Å². The molecule has 120 valence electrons. The van der Waals surface area contributed by atoms with Crippen LogP contribution in [0.1, 0.15) is 36.5 Å². The summed E-state index contributed by atoms with van der Waals surface area (Å²) in [5, 5.41) is 2.75. The summed E-state index contributed by atoms with van der Waals surface area (Å²) < 4.78 is 9.46. The smallest absolute Gasteiger partial charge is 0.307 e.